The molecule has 0 saturated heterocycles. The zero-order valence-corrected chi connectivity index (χ0v) is 19.5. The van der Waals surface area contributed by atoms with Gasteiger partial charge in [-0.3, -0.25) is 4.79 Å². The molecule has 0 fully saturated rings. The van der Waals surface area contributed by atoms with Crippen LogP contribution >= 0.6 is 0 Å². The number of carbonyl (C=O) groups is 1. The number of rotatable bonds is 12. The predicted molar refractivity (Wildman–Crippen MR) is 121 cm³/mol. The highest BCUT2D eigenvalue weighted by atomic mass is 32.2. The highest BCUT2D eigenvalue weighted by molar-refractivity contribution is 7.90. The summed E-state index contributed by atoms with van der Waals surface area (Å²) in [4.78, 5) is 11.2. The summed E-state index contributed by atoms with van der Waals surface area (Å²) in [6.45, 7) is 1.51. The first-order valence-electron chi connectivity index (χ1n) is 9.73. The summed E-state index contributed by atoms with van der Waals surface area (Å²) < 4.78 is 34.0. The van der Waals surface area contributed by atoms with Crippen LogP contribution in [0.3, 0.4) is 0 Å². The standard InChI is InChI=1S/C22H29NO8S/c1-13(22(25)26)23-16-8-14(6-7-18(16)29-3)11-32(27)12-17(24)21-19(30-4)9-15(28-2)10-20(21)31-5/h6-10,13,17,23-24H,11-12H2,1-5H3,(H,25,26). The lowest BCUT2D eigenvalue weighted by molar-refractivity contribution is -0.137. The second-order valence-corrected chi connectivity index (χ2v) is 8.45. The molecule has 0 spiro atoms. The minimum atomic E-state index is -1.44. The number of hydrogen-bond acceptors (Lipinski definition) is 8. The second kappa shape index (κ2) is 11.7. The molecule has 9 nitrogen and oxygen atoms in total. The van der Waals surface area contributed by atoms with Crippen LogP contribution < -0.4 is 24.3 Å². The maximum Gasteiger partial charge on any atom is 0.325 e. The number of methoxy groups -OCH3 is 4. The van der Waals surface area contributed by atoms with Crippen LogP contribution in [0.4, 0.5) is 5.69 Å². The van der Waals surface area contributed by atoms with Crippen molar-refractivity contribution in [3.8, 4) is 23.0 Å². The monoisotopic (exact) mass is 467 g/mol. The fraction of sp³-hybridized carbons (Fsp3) is 0.409. The molecular formula is C22H29NO8S. The highest BCUT2D eigenvalue weighted by Crippen LogP contribution is 2.39. The summed E-state index contributed by atoms with van der Waals surface area (Å²) in [5, 5.41) is 22.8. The van der Waals surface area contributed by atoms with E-state index in [4.69, 9.17) is 24.1 Å². The Morgan fingerprint density at radius 2 is 1.62 bits per heavy atom. The van der Waals surface area contributed by atoms with E-state index in [-0.39, 0.29) is 11.5 Å². The molecule has 0 aliphatic rings. The van der Waals surface area contributed by atoms with Crippen molar-refractivity contribution in [1.29, 1.82) is 0 Å². The summed E-state index contributed by atoms with van der Waals surface area (Å²) in [6, 6.07) is 7.52. The molecule has 3 atom stereocenters. The Bertz CT molecular complexity index is 898. The molecule has 32 heavy (non-hydrogen) atoms. The number of hydrogen-bond donors (Lipinski definition) is 3. The van der Waals surface area contributed by atoms with E-state index in [1.807, 2.05) is 0 Å². The minimum absolute atomic E-state index is 0.0562. The first-order valence-corrected chi connectivity index (χ1v) is 11.2. The first kappa shape index (κ1) is 25.4. The number of anilines is 1. The van der Waals surface area contributed by atoms with Crippen LogP contribution in [0.5, 0.6) is 23.0 Å². The molecular weight excluding hydrogens is 438 g/mol. The average Bonchev–Trinajstić information content (AvgIpc) is 2.77. The number of carboxylic acids is 1. The maximum atomic E-state index is 12.8. The maximum absolute atomic E-state index is 12.8. The molecule has 2 aromatic carbocycles. The smallest absolute Gasteiger partial charge is 0.325 e. The van der Waals surface area contributed by atoms with Crippen LogP contribution in [0.15, 0.2) is 30.3 Å². The van der Waals surface area contributed by atoms with E-state index in [0.29, 0.717) is 39.8 Å². The van der Waals surface area contributed by atoms with E-state index >= 15 is 0 Å². The zero-order valence-electron chi connectivity index (χ0n) is 18.7. The van der Waals surface area contributed by atoms with Gasteiger partial charge in [-0.25, -0.2) is 0 Å². The number of aliphatic carboxylic acids is 1. The molecule has 0 amide bonds. The number of aliphatic hydroxyl groups excluding tert-OH is 1. The predicted octanol–water partition coefficient (Wildman–Crippen LogP) is 2.59. The van der Waals surface area contributed by atoms with Crippen molar-refractivity contribution in [2.24, 2.45) is 0 Å². The van der Waals surface area contributed by atoms with Crippen molar-refractivity contribution < 1.29 is 38.5 Å². The number of ether oxygens (including phenoxy) is 4. The van der Waals surface area contributed by atoms with E-state index in [1.54, 1.807) is 30.3 Å². The van der Waals surface area contributed by atoms with Crippen LogP contribution in [-0.2, 0) is 21.7 Å². The molecule has 2 aromatic rings. The van der Waals surface area contributed by atoms with Crippen molar-refractivity contribution in [1.82, 2.24) is 0 Å². The van der Waals surface area contributed by atoms with Crippen LogP contribution in [0, 0.1) is 0 Å². The van der Waals surface area contributed by atoms with E-state index in [1.165, 1.54) is 35.4 Å². The average molecular weight is 468 g/mol. The fourth-order valence-electron chi connectivity index (χ4n) is 3.12. The van der Waals surface area contributed by atoms with Crippen molar-refractivity contribution in [2.45, 2.75) is 24.8 Å². The molecule has 3 N–H and O–H groups in total. The molecule has 0 saturated carbocycles. The normalized spacial score (nSPS) is 13.6. The van der Waals surface area contributed by atoms with Crippen molar-refractivity contribution in [3.63, 3.8) is 0 Å². The molecule has 0 heterocycles. The van der Waals surface area contributed by atoms with E-state index < -0.39 is 29.3 Å². The third kappa shape index (κ3) is 6.35. The van der Waals surface area contributed by atoms with Crippen molar-refractivity contribution >= 4 is 22.8 Å². The molecule has 10 heteroatoms. The number of nitrogens with one attached hydrogen (secondary N) is 1. The Morgan fingerprint density at radius 3 is 2.12 bits per heavy atom. The Labute approximate surface area is 190 Å². The van der Waals surface area contributed by atoms with E-state index in [2.05, 4.69) is 5.32 Å². The third-order valence-corrected chi connectivity index (χ3v) is 6.11. The second-order valence-electron chi connectivity index (χ2n) is 6.95. The fourth-order valence-corrected chi connectivity index (χ4v) is 4.31. The van der Waals surface area contributed by atoms with Gasteiger partial charge in [-0.2, -0.15) is 0 Å². The summed E-state index contributed by atoms with van der Waals surface area (Å²) in [7, 11) is 5.92. The van der Waals surface area contributed by atoms with Gasteiger partial charge in [0.15, 0.2) is 0 Å². The lowest BCUT2D eigenvalue weighted by Gasteiger charge is -2.21. The Morgan fingerprint density at radius 1 is 1.03 bits per heavy atom. The Balaban J connectivity index is 2.19. The van der Waals surface area contributed by atoms with E-state index in [9.17, 15) is 14.5 Å². The minimum Gasteiger partial charge on any atom is -0.616 e. The van der Waals surface area contributed by atoms with Gasteiger partial charge in [0, 0.05) is 17.7 Å². The summed E-state index contributed by atoms with van der Waals surface area (Å²) in [6.07, 6.45) is -1.10. The van der Waals surface area contributed by atoms with Crippen LogP contribution in [-0.4, -0.2) is 61.0 Å². The lowest BCUT2D eigenvalue weighted by Crippen LogP contribution is -2.25. The van der Waals surface area contributed by atoms with Gasteiger partial charge < -0.3 is 39.0 Å². The molecule has 176 valence electrons. The van der Waals surface area contributed by atoms with Gasteiger partial charge in [0.1, 0.15) is 46.6 Å². The van der Waals surface area contributed by atoms with Gasteiger partial charge in [0.05, 0.1) is 39.7 Å². The molecule has 0 aliphatic carbocycles. The SMILES string of the molecule is COc1cc(OC)c(C(O)C[S+]([O-])Cc2ccc(OC)c(NC(C)C(=O)O)c2)c(OC)c1. The number of benzene rings is 2. The first-order chi connectivity index (χ1) is 15.2. The van der Waals surface area contributed by atoms with Crippen LogP contribution in [0.1, 0.15) is 24.2 Å². The summed E-state index contributed by atoms with van der Waals surface area (Å²) in [5.74, 6) is 0.794. The van der Waals surface area contributed by atoms with Crippen LogP contribution in [0.25, 0.3) is 0 Å². The zero-order chi connectivity index (χ0) is 23.8. The van der Waals surface area contributed by atoms with Gasteiger partial charge in [-0.1, -0.05) is 6.07 Å². The van der Waals surface area contributed by atoms with Gasteiger partial charge in [0.2, 0.25) is 0 Å². The van der Waals surface area contributed by atoms with Gasteiger partial charge in [-0.15, -0.1) is 0 Å². The summed E-state index contributed by atoms with van der Waals surface area (Å²) >= 11 is -1.44. The molecule has 0 radical (unpaired) electrons. The Kier molecular flexibility index (Phi) is 9.30. The molecule has 2 rings (SSSR count). The highest BCUT2D eigenvalue weighted by Gasteiger charge is 2.25. The topological polar surface area (TPSA) is 130 Å². The van der Waals surface area contributed by atoms with Gasteiger partial charge in [-0.05, 0) is 30.2 Å². The number of aliphatic hydroxyl groups is 1. The van der Waals surface area contributed by atoms with Gasteiger partial charge >= 0.3 is 5.97 Å². The van der Waals surface area contributed by atoms with Crippen molar-refractivity contribution in [3.05, 3.63) is 41.5 Å². The van der Waals surface area contributed by atoms with Crippen LogP contribution in [0.2, 0.25) is 0 Å². The molecule has 0 aliphatic heterocycles. The largest absolute Gasteiger partial charge is 0.616 e. The Hall–Kier alpha value is -2.82. The van der Waals surface area contributed by atoms with Gasteiger partial charge in [0.25, 0.3) is 0 Å². The van der Waals surface area contributed by atoms with E-state index in [0.717, 1.165) is 0 Å². The molecule has 0 aromatic heterocycles. The lowest BCUT2D eigenvalue weighted by atomic mass is 10.1. The third-order valence-electron chi connectivity index (χ3n) is 4.76. The molecule has 0 bridgehead atoms. The summed E-state index contributed by atoms with van der Waals surface area (Å²) in [5.41, 5.74) is 1.57. The molecule has 3 unspecified atom stereocenters. The van der Waals surface area contributed by atoms with Crippen molar-refractivity contribution in [2.75, 3.05) is 39.5 Å². The number of carboxylic acid groups (broad SMARTS) is 1. The quantitative estimate of drug-likeness (QED) is 0.403.